The number of hydrogen-bond acceptors (Lipinski definition) is 2. The standard InChI is InChI=1S/C12H16N2O3.HI/c1-14-9-3-2-4-10(14)7-8-13-11(15)5-6-12(16)17;/h2-4,9H,5-8H2,1H3,(H-,13,15,16,17);1H. The topological polar surface area (TPSA) is 70.3 Å². The molecule has 0 aliphatic heterocycles. The Morgan fingerprint density at radius 3 is 2.67 bits per heavy atom. The van der Waals surface area contributed by atoms with Crippen molar-refractivity contribution in [3.63, 3.8) is 0 Å². The maximum atomic E-state index is 11.2. The minimum absolute atomic E-state index is 0. The molecule has 18 heavy (non-hydrogen) atoms. The number of hydrogen-bond donors (Lipinski definition) is 2. The predicted octanol–water partition coefficient (Wildman–Crippen LogP) is -2.96. The third-order valence-corrected chi connectivity index (χ3v) is 2.43. The monoisotopic (exact) mass is 364 g/mol. The summed E-state index contributed by atoms with van der Waals surface area (Å²) in [6, 6.07) is 5.87. The Hall–Kier alpha value is -1.18. The van der Waals surface area contributed by atoms with E-state index in [0.717, 1.165) is 12.1 Å². The second kappa shape index (κ2) is 8.84. The van der Waals surface area contributed by atoms with Crippen molar-refractivity contribution in [3.05, 3.63) is 30.1 Å². The number of aryl methyl sites for hydroxylation is 1. The quantitative estimate of drug-likeness (QED) is 0.419. The Labute approximate surface area is 123 Å². The van der Waals surface area contributed by atoms with E-state index in [0.29, 0.717) is 6.54 Å². The van der Waals surface area contributed by atoms with Gasteiger partial charge in [0.15, 0.2) is 11.9 Å². The molecule has 0 radical (unpaired) electrons. The van der Waals surface area contributed by atoms with E-state index in [1.54, 1.807) is 0 Å². The average Bonchev–Trinajstić information content (AvgIpc) is 2.29. The molecule has 1 heterocycles. The number of aliphatic carboxylic acids is 1. The van der Waals surface area contributed by atoms with Crippen LogP contribution in [0.4, 0.5) is 0 Å². The lowest BCUT2D eigenvalue weighted by Crippen LogP contribution is -3.00. The maximum absolute atomic E-state index is 11.2. The fraction of sp³-hybridized carbons (Fsp3) is 0.417. The molecule has 1 amide bonds. The summed E-state index contributed by atoms with van der Waals surface area (Å²) in [6.07, 6.45) is 2.60. The second-order valence-corrected chi connectivity index (χ2v) is 3.80. The molecular formula is C12H17IN2O3. The molecule has 0 saturated heterocycles. The van der Waals surface area contributed by atoms with Gasteiger partial charge >= 0.3 is 5.97 Å². The van der Waals surface area contributed by atoms with Gasteiger partial charge in [-0.05, 0) is 0 Å². The van der Waals surface area contributed by atoms with Gasteiger partial charge in [0.05, 0.1) is 6.42 Å². The van der Waals surface area contributed by atoms with Gasteiger partial charge in [0.25, 0.3) is 0 Å². The van der Waals surface area contributed by atoms with Crippen molar-refractivity contribution in [2.45, 2.75) is 19.3 Å². The molecule has 0 aliphatic rings. The van der Waals surface area contributed by atoms with Crippen LogP contribution < -0.4 is 33.9 Å². The molecule has 0 atom stereocenters. The van der Waals surface area contributed by atoms with E-state index >= 15 is 0 Å². The summed E-state index contributed by atoms with van der Waals surface area (Å²) in [5, 5.41) is 11.1. The van der Waals surface area contributed by atoms with Gasteiger partial charge in [0, 0.05) is 31.5 Å². The molecule has 1 aromatic heterocycles. The van der Waals surface area contributed by atoms with Crippen molar-refractivity contribution < 1.29 is 43.2 Å². The molecule has 0 spiro atoms. The Kier molecular flexibility index (Phi) is 8.27. The molecule has 6 heteroatoms. The number of carboxylic acid groups (broad SMARTS) is 1. The molecule has 0 unspecified atom stereocenters. The first-order chi connectivity index (χ1) is 8.09. The van der Waals surface area contributed by atoms with Gasteiger partial charge in [-0.1, -0.05) is 6.07 Å². The highest BCUT2D eigenvalue weighted by molar-refractivity contribution is 5.80. The highest BCUT2D eigenvalue weighted by Gasteiger charge is 2.07. The van der Waals surface area contributed by atoms with Crippen LogP contribution in [0, 0.1) is 0 Å². The van der Waals surface area contributed by atoms with Crippen LogP contribution in [0.3, 0.4) is 0 Å². The van der Waals surface area contributed by atoms with Crippen LogP contribution >= 0.6 is 0 Å². The van der Waals surface area contributed by atoms with Gasteiger partial charge in [-0.25, -0.2) is 4.57 Å². The van der Waals surface area contributed by atoms with E-state index in [-0.39, 0.29) is 42.7 Å². The van der Waals surface area contributed by atoms with Crippen molar-refractivity contribution in [3.8, 4) is 0 Å². The first-order valence-electron chi connectivity index (χ1n) is 5.51. The van der Waals surface area contributed by atoms with Gasteiger partial charge in [-0.3, -0.25) is 9.59 Å². The van der Waals surface area contributed by atoms with Crippen molar-refractivity contribution in [2.24, 2.45) is 7.05 Å². The SMILES string of the molecule is C[n+]1ccccc1CCNC(=O)CCC(=O)O.[I-]. The lowest BCUT2D eigenvalue weighted by atomic mass is 10.2. The van der Waals surface area contributed by atoms with Gasteiger partial charge in [0.1, 0.15) is 7.05 Å². The predicted molar refractivity (Wildman–Crippen MR) is 61.2 cm³/mol. The number of halogens is 1. The lowest BCUT2D eigenvalue weighted by Gasteiger charge is -2.03. The van der Waals surface area contributed by atoms with Crippen molar-refractivity contribution >= 4 is 11.9 Å². The zero-order valence-electron chi connectivity index (χ0n) is 10.2. The van der Waals surface area contributed by atoms with E-state index in [1.807, 2.05) is 36.0 Å². The van der Waals surface area contributed by atoms with E-state index in [2.05, 4.69) is 5.32 Å². The first kappa shape index (κ1) is 16.8. The fourth-order valence-electron chi connectivity index (χ4n) is 1.46. The summed E-state index contributed by atoms with van der Waals surface area (Å²) in [4.78, 5) is 21.5. The lowest BCUT2D eigenvalue weighted by molar-refractivity contribution is -0.679. The molecule has 0 saturated carbocycles. The van der Waals surface area contributed by atoms with Crippen LogP contribution in [0.1, 0.15) is 18.5 Å². The smallest absolute Gasteiger partial charge is 0.303 e. The van der Waals surface area contributed by atoms with Crippen LogP contribution in [-0.4, -0.2) is 23.5 Å². The normalized spacial score (nSPS) is 9.39. The minimum Gasteiger partial charge on any atom is -1.00 e. The number of pyridine rings is 1. The molecule has 0 aliphatic carbocycles. The molecule has 0 bridgehead atoms. The van der Waals surface area contributed by atoms with Crippen LogP contribution in [0.15, 0.2) is 24.4 Å². The summed E-state index contributed by atoms with van der Waals surface area (Å²) in [7, 11) is 1.95. The van der Waals surface area contributed by atoms with Gasteiger partial charge in [0.2, 0.25) is 5.91 Å². The first-order valence-corrected chi connectivity index (χ1v) is 5.51. The van der Waals surface area contributed by atoms with Gasteiger partial charge < -0.3 is 34.4 Å². The highest BCUT2D eigenvalue weighted by Crippen LogP contribution is 1.92. The van der Waals surface area contributed by atoms with Crippen LogP contribution in [-0.2, 0) is 23.1 Å². The molecular weight excluding hydrogens is 347 g/mol. The summed E-state index contributed by atoms with van der Waals surface area (Å²) in [5.41, 5.74) is 1.12. The minimum atomic E-state index is -0.949. The van der Waals surface area contributed by atoms with Crippen LogP contribution in [0.25, 0.3) is 0 Å². The summed E-state index contributed by atoms with van der Waals surface area (Å²) < 4.78 is 1.99. The number of amides is 1. The van der Waals surface area contributed by atoms with Gasteiger partial charge in [-0.2, -0.15) is 0 Å². The summed E-state index contributed by atoms with van der Waals surface area (Å²) >= 11 is 0. The largest absolute Gasteiger partial charge is 1.00 e. The van der Waals surface area contributed by atoms with E-state index in [4.69, 9.17) is 5.11 Å². The van der Waals surface area contributed by atoms with E-state index in [1.165, 1.54) is 0 Å². The molecule has 5 nitrogen and oxygen atoms in total. The molecule has 1 rings (SSSR count). The Morgan fingerprint density at radius 2 is 2.06 bits per heavy atom. The molecule has 2 N–H and O–H groups in total. The number of carboxylic acids is 1. The van der Waals surface area contributed by atoms with Gasteiger partial charge in [-0.15, -0.1) is 0 Å². The number of nitrogens with zero attached hydrogens (tertiary/aromatic N) is 1. The Bertz CT molecular complexity index is 410. The number of nitrogens with one attached hydrogen (secondary N) is 1. The highest BCUT2D eigenvalue weighted by atomic mass is 127. The number of carbonyl (C=O) groups is 2. The van der Waals surface area contributed by atoms with E-state index in [9.17, 15) is 9.59 Å². The molecule has 0 fully saturated rings. The van der Waals surface area contributed by atoms with Crippen molar-refractivity contribution in [1.82, 2.24) is 5.32 Å². The third kappa shape index (κ3) is 6.53. The molecule has 0 aromatic carbocycles. The zero-order chi connectivity index (χ0) is 12.7. The third-order valence-electron chi connectivity index (χ3n) is 2.43. The number of carbonyl (C=O) groups excluding carboxylic acids is 1. The molecule has 100 valence electrons. The van der Waals surface area contributed by atoms with Crippen molar-refractivity contribution in [1.29, 1.82) is 0 Å². The van der Waals surface area contributed by atoms with Crippen molar-refractivity contribution in [2.75, 3.05) is 6.54 Å². The second-order valence-electron chi connectivity index (χ2n) is 3.80. The Balaban J connectivity index is 0.00000289. The summed E-state index contributed by atoms with van der Waals surface area (Å²) in [5.74, 6) is -1.17. The van der Waals surface area contributed by atoms with E-state index < -0.39 is 5.97 Å². The molecule has 1 aromatic rings. The van der Waals surface area contributed by atoms with Crippen LogP contribution in [0.2, 0.25) is 0 Å². The van der Waals surface area contributed by atoms with Crippen LogP contribution in [0.5, 0.6) is 0 Å². The zero-order valence-corrected chi connectivity index (χ0v) is 12.4. The Morgan fingerprint density at radius 1 is 1.33 bits per heavy atom. The average molecular weight is 364 g/mol. The summed E-state index contributed by atoms with van der Waals surface area (Å²) in [6.45, 7) is 0.524. The fourth-order valence-corrected chi connectivity index (χ4v) is 1.46. The number of rotatable bonds is 6. The number of aromatic nitrogens is 1. The maximum Gasteiger partial charge on any atom is 0.303 e.